The highest BCUT2D eigenvalue weighted by atomic mass is 32.2. The van der Waals surface area contributed by atoms with Crippen LogP contribution in [-0.4, -0.2) is 39.0 Å². The lowest BCUT2D eigenvalue weighted by Gasteiger charge is -2.24. The molecule has 0 aliphatic heterocycles. The van der Waals surface area contributed by atoms with Gasteiger partial charge in [0.1, 0.15) is 10.7 Å². The van der Waals surface area contributed by atoms with E-state index in [1.807, 2.05) is 14.0 Å². The average Bonchev–Trinajstić information content (AvgIpc) is 3.29. The highest BCUT2D eigenvalue weighted by Crippen LogP contribution is 2.26. The Morgan fingerprint density at radius 3 is 2.71 bits per heavy atom. The molecule has 0 spiro atoms. The predicted molar refractivity (Wildman–Crippen MR) is 79.7 cm³/mol. The molecule has 0 aromatic heterocycles. The molecule has 0 heterocycles. The van der Waals surface area contributed by atoms with Gasteiger partial charge in [0.15, 0.2) is 0 Å². The molecule has 1 aliphatic rings. The van der Waals surface area contributed by atoms with Gasteiger partial charge in [-0.15, -0.1) is 0 Å². The number of sulfonamides is 1. The lowest BCUT2D eigenvalue weighted by Crippen LogP contribution is -2.41. The first-order valence-electron chi connectivity index (χ1n) is 7.05. The average molecular weight is 315 g/mol. The van der Waals surface area contributed by atoms with Gasteiger partial charge in [0.2, 0.25) is 10.0 Å². The first-order chi connectivity index (χ1) is 9.85. The van der Waals surface area contributed by atoms with Crippen molar-refractivity contribution in [1.82, 2.24) is 9.62 Å². The summed E-state index contributed by atoms with van der Waals surface area (Å²) in [4.78, 5) is 1.81. The van der Waals surface area contributed by atoms with Crippen molar-refractivity contribution in [2.24, 2.45) is 5.73 Å². The van der Waals surface area contributed by atoms with E-state index in [4.69, 9.17) is 5.73 Å². The minimum Gasteiger partial charge on any atom is -0.326 e. The molecule has 1 unspecified atom stereocenters. The molecule has 7 heteroatoms. The van der Waals surface area contributed by atoms with E-state index in [9.17, 15) is 12.8 Å². The standard InChI is InChI=1S/C14H22FN3O2S/c1-10(18(2)12-4-5-12)9-17-21(19,20)14-7-11(8-16)3-6-13(14)15/h3,6-7,10,12,17H,4-5,8-9,16H2,1-2H3. The molecule has 1 aromatic carbocycles. The summed E-state index contributed by atoms with van der Waals surface area (Å²) in [5.41, 5.74) is 6.05. The third kappa shape index (κ3) is 4.00. The minimum absolute atomic E-state index is 0.0630. The molecular weight excluding hydrogens is 293 g/mol. The maximum atomic E-state index is 13.8. The Bertz CT molecular complexity index is 602. The van der Waals surface area contributed by atoms with Gasteiger partial charge in [0, 0.05) is 25.2 Å². The number of rotatable bonds is 7. The first-order valence-corrected chi connectivity index (χ1v) is 8.53. The first kappa shape index (κ1) is 16.4. The molecule has 1 fully saturated rings. The van der Waals surface area contributed by atoms with E-state index in [1.54, 1.807) is 0 Å². The normalized spacial score (nSPS) is 17.2. The van der Waals surface area contributed by atoms with E-state index in [0.29, 0.717) is 11.6 Å². The number of nitrogens with zero attached hydrogens (tertiary/aromatic N) is 1. The molecule has 0 amide bonds. The lowest BCUT2D eigenvalue weighted by atomic mass is 10.2. The third-order valence-electron chi connectivity index (χ3n) is 3.91. The van der Waals surface area contributed by atoms with Gasteiger partial charge < -0.3 is 5.73 Å². The Morgan fingerprint density at radius 1 is 1.48 bits per heavy atom. The Kier molecular flexibility index (Phi) is 4.98. The van der Waals surface area contributed by atoms with Gasteiger partial charge in [-0.25, -0.2) is 17.5 Å². The molecule has 1 aromatic rings. The highest BCUT2D eigenvalue weighted by Gasteiger charge is 2.30. The number of nitrogens with two attached hydrogens (primary N) is 1. The van der Waals surface area contributed by atoms with Gasteiger partial charge in [0.05, 0.1) is 0 Å². The van der Waals surface area contributed by atoms with Crippen LogP contribution < -0.4 is 10.5 Å². The molecule has 0 bridgehead atoms. The number of halogens is 1. The Morgan fingerprint density at radius 2 is 2.14 bits per heavy atom. The van der Waals surface area contributed by atoms with Gasteiger partial charge >= 0.3 is 0 Å². The molecule has 0 saturated heterocycles. The van der Waals surface area contributed by atoms with Gasteiger partial charge in [-0.05, 0) is 44.5 Å². The molecule has 118 valence electrons. The summed E-state index contributed by atoms with van der Waals surface area (Å²) >= 11 is 0. The van der Waals surface area contributed by atoms with Gasteiger partial charge in [-0.2, -0.15) is 0 Å². The molecule has 5 nitrogen and oxygen atoms in total. The molecule has 2 rings (SSSR count). The topological polar surface area (TPSA) is 75.4 Å². The van der Waals surface area contributed by atoms with Crippen LogP contribution in [0.1, 0.15) is 25.3 Å². The van der Waals surface area contributed by atoms with Crippen LogP contribution in [0.2, 0.25) is 0 Å². The van der Waals surface area contributed by atoms with Crippen LogP contribution in [0.15, 0.2) is 23.1 Å². The number of nitrogens with one attached hydrogen (secondary N) is 1. The second-order valence-corrected chi connectivity index (χ2v) is 7.30. The third-order valence-corrected chi connectivity index (χ3v) is 5.35. The Hall–Kier alpha value is -1.02. The second-order valence-electron chi connectivity index (χ2n) is 5.57. The van der Waals surface area contributed by atoms with Crippen molar-refractivity contribution in [2.45, 2.75) is 43.3 Å². The van der Waals surface area contributed by atoms with E-state index < -0.39 is 15.8 Å². The summed E-state index contributed by atoms with van der Waals surface area (Å²) in [6.07, 6.45) is 2.31. The monoisotopic (exact) mass is 315 g/mol. The minimum atomic E-state index is -3.86. The van der Waals surface area contributed by atoms with Crippen molar-refractivity contribution in [1.29, 1.82) is 0 Å². The van der Waals surface area contributed by atoms with Crippen LogP contribution in [0.4, 0.5) is 4.39 Å². The van der Waals surface area contributed by atoms with E-state index >= 15 is 0 Å². The summed E-state index contributed by atoms with van der Waals surface area (Å²) in [7, 11) is -1.89. The predicted octanol–water partition coefficient (Wildman–Crippen LogP) is 1.05. The lowest BCUT2D eigenvalue weighted by molar-refractivity contribution is 0.248. The zero-order chi connectivity index (χ0) is 15.6. The Labute approximate surface area is 125 Å². The molecule has 1 aliphatic carbocycles. The summed E-state index contributed by atoms with van der Waals surface area (Å²) in [5.74, 6) is -0.761. The van der Waals surface area contributed by atoms with Gasteiger partial charge in [-0.3, -0.25) is 4.90 Å². The number of hydrogen-bond acceptors (Lipinski definition) is 4. The van der Waals surface area contributed by atoms with E-state index in [0.717, 1.165) is 18.9 Å². The maximum absolute atomic E-state index is 13.8. The van der Waals surface area contributed by atoms with Gasteiger partial charge in [-0.1, -0.05) is 6.07 Å². The number of hydrogen-bond donors (Lipinski definition) is 2. The molecule has 0 radical (unpaired) electrons. The fourth-order valence-corrected chi connectivity index (χ4v) is 3.42. The molecule has 1 atom stereocenters. The summed E-state index contributed by atoms with van der Waals surface area (Å²) < 4.78 is 40.7. The zero-order valence-corrected chi connectivity index (χ0v) is 13.2. The highest BCUT2D eigenvalue weighted by molar-refractivity contribution is 7.89. The van der Waals surface area contributed by atoms with Crippen LogP contribution in [0.5, 0.6) is 0 Å². The van der Waals surface area contributed by atoms with E-state index in [2.05, 4.69) is 9.62 Å². The van der Waals surface area contributed by atoms with Crippen molar-refractivity contribution < 1.29 is 12.8 Å². The van der Waals surface area contributed by atoms with Crippen LogP contribution in [0.3, 0.4) is 0 Å². The summed E-state index contributed by atoms with van der Waals surface area (Å²) in [6, 6.07) is 4.51. The van der Waals surface area contributed by atoms with Crippen molar-refractivity contribution in [3.63, 3.8) is 0 Å². The fourth-order valence-electron chi connectivity index (χ4n) is 2.17. The number of benzene rings is 1. The van der Waals surface area contributed by atoms with Crippen LogP contribution in [0, 0.1) is 5.82 Å². The van der Waals surface area contributed by atoms with Crippen LogP contribution in [-0.2, 0) is 16.6 Å². The van der Waals surface area contributed by atoms with E-state index in [-0.39, 0.29) is 24.0 Å². The smallest absolute Gasteiger partial charge is 0.243 e. The fraction of sp³-hybridized carbons (Fsp3) is 0.571. The van der Waals surface area contributed by atoms with Crippen molar-refractivity contribution >= 4 is 10.0 Å². The van der Waals surface area contributed by atoms with Gasteiger partial charge in [0.25, 0.3) is 0 Å². The molecule has 3 N–H and O–H groups in total. The van der Waals surface area contributed by atoms with Crippen molar-refractivity contribution in [3.05, 3.63) is 29.6 Å². The molecular formula is C14H22FN3O2S. The quantitative estimate of drug-likeness (QED) is 0.788. The van der Waals surface area contributed by atoms with E-state index in [1.165, 1.54) is 12.1 Å². The number of likely N-dealkylation sites (N-methyl/N-ethyl adjacent to an activating group) is 1. The van der Waals surface area contributed by atoms with Crippen molar-refractivity contribution in [3.8, 4) is 0 Å². The maximum Gasteiger partial charge on any atom is 0.243 e. The summed E-state index contributed by atoms with van der Waals surface area (Å²) in [6.45, 7) is 2.37. The zero-order valence-electron chi connectivity index (χ0n) is 12.3. The summed E-state index contributed by atoms with van der Waals surface area (Å²) in [5, 5.41) is 0. The van der Waals surface area contributed by atoms with Crippen molar-refractivity contribution in [2.75, 3.05) is 13.6 Å². The molecule has 21 heavy (non-hydrogen) atoms. The van der Waals surface area contributed by atoms with Crippen LogP contribution in [0.25, 0.3) is 0 Å². The largest absolute Gasteiger partial charge is 0.326 e. The Balaban J connectivity index is 2.07. The SMILES string of the molecule is CC(CNS(=O)(=O)c1cc(CN)ccc1F)N(C)C1CC1. The van der Waals surface area contributed by atoms with Crippen LogP contribution >= 0.6 is 0 Å². The molecule has 1 saturated carbocycles. The second kappa shape index (κ2) is 6.39.